The Kier molecular flexibility index (Phi) is 4.79. The summed E-state index contributed by atoms with van der Waals surface area (Å²) in [7, 11) is 0. The number of carbonyl (C=O) groups excluding carboxylic acids is 1. The normalized spacial score (nSPS) is 10.5. The van der Waals surface area contributed by atoms with Crippen molar-refractivity contribution in [1.29, 1.82) is 0 Å². The molecule has 2 aromatic carbocycles. The van der Waals surface area contributed by atoms with E-state index >= 15 is 0 Å². The van der Waals surface area contributed by atoms with Crippen molar-refractivity contribution in [1.82, 2.24) is 4.98 Å². The van der Waals surface area contributed by atoms with Crippen molar-refractivity contribution >= 4 is 39.1 Å². The average molecular weight is 392 g/mol. The number of amides is 1. The Morgan fingerprint density at radius 1 is 1.22 bits per heavy atom. The number of nitrogens with zero attached hydrogens (tertiary/aromatic N) is 1. The first-order valence-electron chi connectivity index (χ1n) is 6.86. The van der Waals surface area contributed by atoms with E-state index in [4.69, 9.17) is 16.0 Å². The van der Waals surface area contributed by atoms with Gasteiger partial charge in [0.05, 0.1) is 22.8 Å². The van der Waals surface area contributed by atoms with Gasteiger partial charge in [-0.1, -0.05) is 45.7 Å². The van der Waals surface area contributed by atoms with Gasteiger partial charge in [0, 0.05) is 10.0 Å². The maximum Gasteiger partial charge on any atom is 0.230 e. The van der Waals surface area contributed by atoms with Crippen LogP contribution in [0.15, 0.2) is 63.7 Å². The molecular formula is C17H12BrClN2O2. The van der Waals surface area contributed by atoms with E-state index in [9.17, 15) is 4.79 Å². The van der Waals surface area contributed by atoms with Gasteiger partial charge in [-0.05, 0) is 30.3 Å². The number of anilines is 1. The number of hydrogen-bond acceptors (Lipinski definition) is 3. The number of benzene rings is 2. The van der Waals surface area contributed by atoms with Gasteiger partial charge >= 0.3 is 0 Å². The quantitative estimate of drug-likeness (QED) is 0.685. The van der Waals surface area contributed by atoms with Gasteiger partial charge in [-0.2, -0.15) is 0 Å². The molecule has 4 nitrogen and oxygen atoms in total. The van der Waals surface area contributed by atoms with Crippen molar-refractivity contribution in [3.8, 4) is 11.5 Å². The van der Waals surface area contributed by atoms with Crippen LogP contribution < -0.4 is 5.32 Å². The highest BCUT2D eigenvalue weighted by molar-refractivity contribution is 9.10. The zero-order valence-corrected chi connectivity index (χ0v) is 14.3. The van der Waals surface area contributed by atoms with Crippen molar-refractivity contribution in [2.75, 3.05) is 5.32 Å². The molecule has 1 amide bonds. The van der Waals surface area contributed by atoms with Gasteiger partial charge in [0.15, 0.2) is 0 Å². The molecule has 1 heterocycles. The fourth-order valence-corrected chi connectivity index (χ4v) is 2.77. The van der Waals surface area contributed by atoms with Crippen molar-refractivity contribution < 1.29 is 9.21 Å². The van der Waals surface area contributed by atoms with Crippen molar-refractivity contribution in [3.63, 3.8) is 0 Å². The molecule has 1 N–H and O–H groups in total. The van der Waals surface area contributed by atoms with E-state index in [1.807, 2.05) is 36.4 Å². The summed E-state index contributed by atoms with van der Waals surface area (Å²) in [5.41, 5.74) is 2.00. The second kappa shape index (κ2) is 6.98. The Hall–Kier alpha value is -2.11. The van der Waals surface area contributed by atoms with Crippen LogP contribution >= 0.6 is 27.5 Å². The third-order valence-corrected chi connectivity index (χ3v) is 3.93. The molecule has 0 fully saturated rings. The van der Waals surface area contributed by atoms with E-state index in [-0.39, 0.29) is 12.3 Å². The van der Waals surface area contributed by atoms with Crippen LogP contribution in [0.4, 0.5) is 5.69 Å². The van der Waals surface area contributed by atoms with Crippen LogP contribution in [0.5, 0.6) is 0 Å². The Bertz CT molecular complexity index is 834. The van der Waals surface area contributed by atoms with E-state index in [2.05, 4.69) is 26.2 Å². The Balaban J connectivity index is 1.68. The van der Waals surface area contributed by atoms with Gasteiger partial charge in [0.1, 0.15) is 6.26 Å². The monoisotopic (exact) mass is 390 g/mol. The first-order chi connectivity index (χ1) is 11.1. The molecule has 0 radical (unpaired) electrons. The van der Waals surface area contributed by atoms with Crippen LogP contribution in [-0.2, 0) is 11.2 Å². The maximum absolute atomic E-state index is 12.1. The molecule has 23 heavy (non-hydrogen) atoms. The second-order valence-corrected chi connectivity index (χ2v) is 6.18. The lowest BCUT2D eigenvalue weighted by Crippen LogP contribution is -2.14. The maximum atomic E-state index is 12.1. The number of nitrogens with one attached hydrogen (secondary N) is 1. The molecule has 0 saturated heterocycles. The highest BCUT2D eigenvalue weighted by atomic mass is 79.9. The molecule has 0 bridgehead atoms. The molecule has 116 valence electrons. The molecule has 0 atom stereocenters. The Labute approximate surface area is 146 Å². The summed E-state index contributed by atoms with van der Waals surface area (Å²) in [6.07, 6.45) is 1.60. The third kappa shape index (κ3) is 4.00. The predicted octanol–water partition coefficient (Wildman–Crippen LogP) is 4.94. The molecule has 0 unspecified atom stereocenters. The van der Waals surface area contributed by atoms with Crippen LogP contribution in [0.3, 0.4) is 0 Å². The molecule has 0 spiro atoms. The zero-order chi connectivity index (χ0) is 16.2. The minimum Gasteiger partial charge on any atom is -0.444 e. The number of halogens is 2. The lowest BCUT2D eigenvalue weighted by Gasteiger charge is -2.06. The summed E-state index contributed by atoms with van der Waals surface area (Å²) < 4.78 is 6.27. The van der Waals surface area contributed by atoms with E-state index in [0.717, 1.165) is 10.0 Å². The van der Waals surface area contributed by atoms with E-state index in [1.165, 1.54) is 6.26 Å². The third-order valence-electron chi connectivity index (χ3n) is 3.12. The smallest absolute Gasteiger partial charge is 0.230 e. The van der Waals surface area contributed by atoms with E-state index < -0.39 is 0 Å². The largest absolute Gasteiger partial charge is 0.444 e. The molecule has 0 aliphatic heterocycles. The highest BCUT2D eigenvalue weighted by Crippen LogP contribution is 2.26. The van der Waals surface area contributed by atoms with Crippen LogP contribution in [0.1, 0.15) is 5.69 Å². The predicted molar refractivity (Wildman–Crippen MR) is 93.4 cm³/mol. The van der Waals surface area contributed by atoms with Gasteiger partial charge in [-0.3, -0.25) is 4.79 Å². The summed E-state index contributed by atoms with van der Waals surface area (Å²) in [6.45, 7) is 0. The summed E-state index contributed by atoms with van der Waals surface area (Å²) in [4.78, 5) is 16.4. The molecule has 1 aromatic heterocycles. The van der Waals surface area contributed by atoms with Crippen molar-refractivity contribution in [2.24, 2.45) is 0 Å². The van der Waals surface area contributed by atoms with Crippen LogP contribution in [0.25, 0.3) is 11.5 Å². The van der Waals surface area contributed by atoms with Gasteiger partial charge < -0.3 is 9.73 Å². The van der Waals surface area contributed by atoms with Crippen LogP contribution in [-0.4, -0.2) is 10.9 Å². The number of aromatic nitrogens is 1. The average Bonchev–Trinajstić information content (AvgIpc) is 2.99. The van der Waals surface area contributed by atoms with Gasteiger partial charge in [-0.25, -0.2) is 4.98 Å². The molecule has 3 aromatic rings. The summed E-state index contributed by atoms with van der Waals surface area (Å²) in [5, 5.41) is 3.23. The highest BCUT2D eigenvalue weighted by Gasteiger charge is 2.12. The summed E-state index contributed by atoms with van der Waals surface area (Å²) >= 11 is 9.40. The fraction of sp³-hybridized carbons (Fsp3) is 0.0588. The SMILES string of the molecule is O=C(Cc1coc(-c2ccccc2)n1)Nc1ccc(Br)cc1Cl. The minimum absolute atomic E-state index is 0.114. The fourth-order valence-electron chi connectivity index (χ4n) is 2.05. The number of rotatable bonds is 4. The zero-order valence-electron chi connectivity index (χ0n) is 11.9. The van der Waals surface area contributed by atoms with Gasteiger partial charge in [-0.15, -0.1) is 0 Å². The molecule has 3 rings (SSSR count). The molecule has 0 saturated carbocycles. The lowest BCUT2D eigenvalue weighted by molar-refractivity contribution is -0.115. The molecule has 0 aliphatic carbocycles. The molecule has 6 heteroatoms. The lowest BCUT2D eigenvalue weighted by atomic mass is 10.2. The molecular weight excluding hydrogens is 380 g/mol. The van der Waals surface area contributed by atoms with Gasteiger partial charge in [0.2, 0.25) is 11.8 Å². The van der Waals surface area contributed by atoms with Crippen LogP contribution in [0, 0.1) is 0 Å². The summed E-state index contributed by atoms with van der Waals surface area (Å²) in [5.74, 6) is 0.289. The van der Waals surface area contributed by atoms with Crippen molar-refractivity contribution in [2.45, 2.75) is 6.42 Å². The Morgan fingerprint density at radius 3 is 2.74 bits per heavy atom. The van der Waals surface area contributed by atoms with Crippen molar-refractivity contribution in [3.05, 3.63) is 70.0 Å². The van der Waals surface area contributed by atoms with E-state index in [1.54, 1.807) is 12.1 Å². The first-order valence-corrected chi connectivity index (χ1v) is 8.03. The number of hydrogen-bond donors (Lipinski definition) is 1. The Morgan fingerprint density at radius 2 is 2.00 bits per heavy atom. The summed E-state index contributed by atoms with van der Waals surface area (Å²) in [6, 6.07) is 14.8. The number of oxazole rings is 1. The molecule has 0 aliphatic rings. The first kappa shape index (κ1) is 15.8. The second-order valence-electron chi connectivity index (χ2n) is 4.86. The van der Waals surface area contributed by atoms with Crippen LogP contribution in [0.2, 0.25) is 5.02 Å². The topological polar surface area (TPSA) is 55.1 Å². The van der Waals surface area contributed by atoms with Gasteiger partial charge in [0.25, 0.3) is 0 Å². The van der Waals surface area contributed by atoms with E-state index in [0.29, 0.717) is 22.3 Å². The number of carbonyl (C=O) groups is 1. The standard InChI is InChI=1S/C17H12BrClN2O2/c18-12-6-7-15(14(19)8-12)21-16(22)9-13-10-23-17(20-13)11-4-2-1-3-5-11/h1-8,10H,9H2,(H,21,22). The minimum atomic E-state index is -0.206.